The van der Waals surface area contributed by atoms with E-state index in [9.17, 15) is 4.79 Å². The van der Waals surface area contributed by atoms with Gasteiger partial charge in [0, 0.05) is 23.9 Å². The van der Waals surface area contributed by atoms with Gasteiger partial charge in [-0.25, -0.2) is 9.79 Å². The molecule has 124 valence electrons. The molecule has 0 saturated carbocycles. The Morgan fingerprint density at radius 3 is 2.54 bits per heavy atom. The van der Waals surface area contributed by atoms with Crippen LogP contribution in [0.15, 0.2) is 35.0 Å². The van der Waals surface area contributed by atoms with Crippen molar-refractivity contribution in [2.24, 2.45) is 12.0 Å². The Kier molecular flexibility index (Phi) is 4.20. The number of aliphatic imine (C=N–C) groups is 1. The van der Waals surface area contributed by atoms with Crippen LogP contribution in [0.25, 0.3) is 6.08 Å². The molecule has 3 rings (SSSR count). The lowest BCUT2D eigenvalue weighted by atomic mass is 10.1. The lowest BCUT2D eigenvalue weighted by Crippen LogP contribution is -2.05. The van der Waals surface area contributed by atoms with Crippen LogP contribution in [-0.4, -0.2) is 28.3 Å². The number of carbonyl (C=O) groups is 1. The molecule has 0 saturated heterocycles. The number of aryl methyl sites for hydroxylation is 2. The van der Waals surface area contributed by atoms with Crippen molar-refractivity contribution in [3.05, 3.63) is 52.5 Å². The number of cyclic esters (lactones) is 1. The van der Waals surface area contributed by atoms with Gasteiger partial charge in [0.2, 0.25) is 5.90 Å². The molecular weight excluding hydrogens is 306 g/mol. The number of nitrogens with zero attached hydrogens (tertiary/aromatic N) is 3. The smallest absolute Gasteiger partial charge is 0.363 e. The number of hydrogen-bond donors (Lipinski definition) is 0. The summed E-state index contributed by atoms with van der Waals surface area (Å²) >= 11 is 0. The molecule has 0 aliphatic carbocycles. The van der Waals surface area contributed by atoms with Crippen molar-refractivity contribution in [3.63, 3.8) is 0 Å². The highest BCUT2D eigenvalue weighted by molar-refractivity contribution is 6.12. The Hall–Kier alpha value is -2.89. The van der Waals surface area contributed by atoms with Gasteiger partial charge in [0.1, 0.15) is 5.75 Å². The first-order valence-corrected chi connectivity index (χ1v) is 7.75. The Morgan fingerprint density at radius 1 is 1.25 bits per heavy atom. The number of esters is 1. The minimum absolute atomic E-state index is 0.276. The molecule has 0 N–H and O–H groups in total. The van der Waals surface area contributed by atoms with E-state index < -0.39 is 5.97 Å². The Morgan fingerprint density at radius 2 is 1.96 bits per heavy atom. The predicted molar refractivity (Wildman–Crippen MR) is 90.9 cm³/mol. The molecule has 6 nitrogen and oxygen atoms in total. The first-order chi connectivity index (χ1) is 11.5. The van der Waals surface area contributed by atoms with Crippen LogP contribution in [0.1, 0.15) is 29.4 Å². The summed E-state index contributed by atoms with van der Waals surface area (Å²) in [5.41, 5.74) is 3.71. The molecule has 2 aromatic rings. The third-order valence-electron chi connectivity index (χ3n) is 3.88. The SMILES string of the molecule is CCOc1ccc(C2=NC(=Cc3c(C)nn(C)c3C)C(=O)O2)cc1. The van der Waals surface area contributed by atoms with Crippen molar-refractivity contribution in [2.75, 3.05) is 6.61 Å². The Balaban J connectivity index is 1.91. The summed E-state index contributed by atoms with van der Waals surface area (Å²) < 4.78 is 12.5. The Bertz CT molecular complexity index is 845. The van der Waals surface area contributed by atoms with E-state index >= 15 is 0 Å². The van der Waals surface area contributed by atoms with Crippen LogP contribution >= 0.6 is 0 Å². The van der Waals surface area contributed by atoms with Gasteiger partial charge < -0.3 is 9.47 Å². The number of carbonyl (C=O) groups excluding carboxylic acids is 1. The van der Waals surface area contributed by atoms with E-state index in [4.69, 9.17) is 9.47 Å². The van der Waals surface area contributed by atoms with Crippen LogP contribution in [0.2, 0.25) is 0 Å². The topological polar surface area (TPSA) is 65.7 Å². The van der Waals surface area contributed by atoms with Gasteiger partial charge in [-0.05, 0) is 51.1 Å². The molecule has 0 amide bonds. The lowest BCUT2D eigenvalue weighted by molar-refractivity contribution is -0.129. The van der Waals surface area contributed by atoms with Gasteiger partial charge in [-0.1, -0.05) is 0 Å². The van der Waals surface area contributed by atoms with Gasteiger partial charge in [0.25, 0.3) is 0 Å². The van der Waals surface area contributed by atoms with Gasteiger partial charge in [-0.2, -0.15) is 5.10 Å². The zero-order valence-electron chi connectivity index (χ0n) is 14.2. The summed E-state index contributed by atoms with van der Waals surface area (Å²) in [6.07, 6.45) is 1.72. The molecule has 24 heavy (non-hydrogen) atoms. The number of hydrogen-bond acceptors (Lipinski definition) is 5. The van der Waals surface area contributed by atoms with Gasteiger partial charge >= 0.3 is 5.97 Å². The van der Waals surface area contributed by atoms with E-state index in [1.165, 1.54) is 0 Å². The number of rotatable bonds is 4. The predicted octanol–water partition coefficient (Wildman–Crippen LogP) is 2.78. The summed E-state index contributed by atoms with van der Waals surface area (Å²) in [5, 5.41) is 4.34. The Labute approximate surface area is 140 Å². The quantitative estimate of drug-likeness (QED) is 0.640. The van der Waals surface area contributed by atoms with E-state index in [1.54, 1.807) is 10.8 Å². The maximum atomic E-state index is 12.1. The fraction of sp³-hybridized carbons (Fsp3) is 0.278. The zero-order chi connectivity index (χ0) is 17.3. The molecule has 0 fully saturated rings. The molecule has 0 bridgehead atoms. The van der Waals surface area contributed by atoms with Crippen LogP contribution in [0.4, 0.5) is 0 Å². The van der Waals surface area contributed by atoms with Crippen molar-refractivity contribution < 1.29 is 14.3 Å². The first-order valence-electron chi connectivity index (χ1n) is 7.75. The third kappa shape index (κ3) is 2.95. The molecule has 1 aromatic carbocycles. The van der Waals surface area contributed by atoms with E-state index in [0.717, 1.165) is 28.3 Å². The van der Waals surface area contributed by atoms with Gasteiger partial charge in [0.05, 0.1) is 12.3 Å². The third-order valence-corrected chi connectivity index (χ3v) is 3.88. The number of benzene rings is 1. The van der Waals surface area contributed by atoms with Crippen molar-refractivity contribution in [1.82, 2.24) is 9.78 Å². The highest BCUT2D eigenvalue weighted by Crippen LogP contribution is 2.23. The van der Waals surface area contributed by atoms with Gasteiger partial charge in [-0.15, -0.1) is 0 Å². The molecule has 0 spiro atoms. The number of ether oxygens (including phenoxy) is 2. The minimum atomic E-state index is -0.457. The first kappa shape index (κ1) is 16.0. The maximum Gasteiger partial charge on any atom is 0.363 e. The van der Waals surface area contributed by atoms with Crippen LogP contribution in [-0.2, 0) is 16.6 Å². The van der Waals surface area contributed by atoms with Crippen molar-refractivity contribution >= 4 is 17.9 Å². The summed E-state index contributed by atoms with van der Waals surface area (Å²) in [6, 6.07) is 7.29. The van der Waals surface area contributed by atoms with Crippen LogP contribution < -0.4 is 4.74 Å². The van der Waals surface area contributed by atoms with Crippen molar-refractivity contribution in [1.29, 1.82) is 0 Å². The monoisotopic (exact) mass is 325 g/mol. The molecule has 1 aromatic heterocycles. The summed E-state index contributed by atoms with van der Waals surface area (Å²) in [7, 11) is 1.87. The summed E-state index contributed by atoms with van der Waals surface area (Å²) in [5.74, 6) is 0.610. The fourth-order valence-corrected chi connectivity index (χ4v) is 2.53. The molecule has 2 heterocycles. The molecule has 0 atom stereocenters. The normalized spacial score (nSPS) is 15.6. The second-order valence-electron chi connectivity index (χ2n) is 5.50. The maximum absolute atomic E-state index is 12.1. The largest absolute Gasteiger partial charge is 0.494 e. The summed E-state index contributed by atoms with van der Waals surface area (Å²) in [4.78, 5) is 16.4. The molecular formula is C18H19N3O3. The average Bonchev–Trinajstić information content (AvgIpc) is 3.04. The molecule has 1 aliphatic rings. The van der Waals surface area contributed by atoms with Crippen LogP contribution in [0, 0.1) is 13.8 Å². The van der Waals surface area contributed by atoms with Crippen LogP contribution in [0.5, 0.6) is 5.75 Å². The number of aromatic nitrogens is 2. The van der Waals surface area contributed by atoms with Gasteiger partial charge in [-0.3, -0.25) is 4.68 Å². The highest BCUT2D eigenvalue weighted by Gasteiger charge is 2.25. The summed E-state index contributed by atoms with van der Waals surface area (Å²) in [6.45, 7) is 6.38. The molecule has 6 heteroatoms. The van der Waals surface area contributed by atoms with Crippen molar-refractivity contribution in [2.45, 2.75) is 20.8 Å². The lowest BCUT2D eigenvalue weighted by Gasteiger charge is -2.03. The van der Waals surface area contributed by atoms with Crippen LogP contribution in [0.3, 0.4) is 0 Å². The van der Waals surface area contributed by atoms with Gasteiger partial charge in [0.15, 0.2) is 5.70 Å². The minimum Gasteiger partial charge on any atom is -0.494 e. The molecule has 1 aliphatic heterocycles. The molecule has 0 unspecified atom stereocenters. The van der Waals surface area contributed by atoms with E-state index in [0.29, 0.717) is 12.5 Å². The van der Waals surface area contributed by atoms with Crippen molar-refractivity contribution in [3.8, 4) is 5.75 Å². The van der Waals surface area contributed by atoms with E-state index in [1.807, 2.05) is 52.1 Å². The fourth-order valence-electron chi connectivity index (χ4n) is 2.53. The average molecular weight is 325 g/mol. The van der Waals surface area contributed by atoms with E-state index in [-0.39, 0.29) is 5.70 Å². The zero-order valence-corrected chi connectivity index (χ0v) is 14.2. The van der Waals surface area contributed by atoms with E-state index in [2.05, 4.69) is 10.1 Å². The molecule has 0 radical (unpaired) electrons. The standard InChI is InChI=1S/C18H19N3O3/c1-5-23-14-8-6-13(7-9-14)17-19-16(18(22)24-17)10-15-11(2)20-21(4)12(15)3/h6-10H,5H2,1-4H3. The second-order valence-corrected chi connectivity index (χ2v) is 5.50. The second kappa shape index (κ2) is 6.31. The highest BCUT2D eigenvalue weighted by atomic mass is 16.6.